The maximum atomic E-state index is 13.2. The monoisotopic (exact) mass is 1240 g/mol. The number of alkyl halides is 6. The fourth-order valence-corrected chi connectivity index (χ4v) is 7.74. The predicted octanol–water partition coefficient (Wildman–Crippen LogP) is 16.0. The molecule has 0 aliphatic heterocycles. The van der Waals surface area contributed by atoms with Crippen molar-refractivity contribution >= 4 is 155 Å². The summed E-state index contributed by atoms with van der Waals surface area (Å²) < 4.78 is 85.8. The second-order valence-corrected chi connectivity index (χ2v) is 18.7. The van der Waals surface area contributed by atoms with E-state index in [1.807, 2.05) is 0 Å². The molecule has 0 unspecified atom stereocenters. The topological polar surface area (TPSA) is 108 Å². The smallest absolute Gasteiger partial charge is 0.414 e. The Hall–Kier alpha value is -3.11. The summed E-state index contributed by atoms with van der Waals surface area (Å²) in [6.07, 6.45) is -9.79. The highest BCUT2D eigenvalue weighted by atomic mass is 35.5. The number of benzene rings is 4. The van der Waals surface area contributed by atoms with E-state index in [2.05, 4.69) is 23.2 Å². The molecule has 0 saturated carbocycles. The van der Waals surface area contributed by atoms with Crippen LogP contribution in [0.4, 0.5) is 35.9 Å². The number of amides is 3. The number of likely N-dealkylation sites (N-methyl/N-ethyl adjacent to an activating group) is 4. The van der Waals surface area contributed by atoms with E-state index in [9.17, 15) is 45.5 Å². The Morgan fingerprint density at radius 2 is 0.932 bits per heavy atom. The van der Waals surface area contributed by atoms with E-state index >= 15 is 0 Å². The minimum absolute atomic E-state index is 0. The van der Waals surface area contributed by atoms with Crippen LogP contribution in [0.2, 0.25) is 40.2 Å². The summed E-state index contributed by atoms with van der Waals surface area (Å²) in [5, 5.41) is 5.25. The van der Waals surface area contributed by atoms with Crippen LogP contribution in [0, 0.1) is 0 Å². The van der Waals surface area contributed by atoms with Crippen molar-refractivity contribution in [1.29, 1.82) is 0 Å². The molecular weight excluding hydrogens is 1200 g/mol. The van der Waals surface area contributed by atoms with Crippen LogP contribution >= 0.6 is 131 Å². The summed E-state index contributed by atoms with van der Waals surface area (Å²) in [5.41, 5.74) is -2.06. The lowest BCUT2D eigenvalue weighted by Gasteiger charge is -2.43. The number of nitrogens with one attached hydrogen (secondary N) is 1. The minimum atomic E-state index is -4.70. The van der Waals surface area contributed by atoms with E-state index < -0.39 is 59.6 Å². The highest BCUT2D eigenvalue weighted by Gasteiger charge is 2.43. The Kier molecular flexibility index (Phi) is 29.9. The lowest BCUT2D eigenvalue weighted by molar-refractivity contribution is -0.163. The van der Waals surface area contributed by atoms with Crippen LogP contribution in [0.1, 0.15) is 36.8 Å². The molecule has 404 valence electrons. The maximum absolute atomic E-state index is 13.2. The SMILES string of the molecule is C=CC[C@@](CN(C)C(=O)CC(F)(F)F)(c1ccc(Cl)c(Cl)c1)N(C)C(=O)Oc1ccc(Cl)c(Cl)c1.C=CC[C@](CN(C)C(=O)CC(F)(F)F)(NC)c1ccc(Cl)c(Cl)c1.O=C(Cl)Oc1ccc(Cl)c(Cl)c1.S.S. The Labute approximate surface area is 477 Å². The zero-order valence-electron chi connectivity index (χ0n) is 38.7. The zero-order valence-corrected chi connectivity index (χ0v) is 47.5. The van der Waals surface area contributed by atoms with E-state index in [1.165, 1.54) is 75.7 Å². The van der Waals surface area contributed by atoms with E-state index in [1.54, 1.807) is 37.4 Å². The first-order valence-corrected chi connectivity index (χ1v) is 23.4. The number of ether oxygens (including phenoxy) is 2. The van der Waals surface area contributed by atoms with Gasteiger partial charge in [0.05, 0.1) is 51.3 Å². The van der Waals surface area contributed by atoms with Crippen molar-refractivity contribution in [3.8, 4) is 11.5 Å². The summed E-state index contributed by atoms with van der Waals surface area (Å²) in [6.45, 7) is 7.09. The molecule has 0 spiro atoms. The van der Waals surface area contributed by atoms with Crippen LogP contribution in [-0.4, -0.2) is 91.7 Å². The van der Waals surface area contributed by atoms with Gasteiger partial charge in [-0.15, -0.1) is 13.2 Å². The molecule has 73 heavy (non-hydrogen) atoms. The number of hydrogen-bond acceptors (Lipinski definition) is 7. The second kappa shape index (κ2) is 31.2. The first-order valence-electron chi connectivity index (χ1n) is 20.0. The van der Waals surface area contributed by atoms with Crippen LogP contribution < -0.4 is 14.8 Å². The quantitative estimate of drug-likeness (QED) is 0.0676. The molecule has 0 bridgehead atoms. The van der Waals surface area contributed by atoms with Crippen molar-refractivity contribution in [3.63, 3.8) is 0 Å². The van der Waals surface area contributed by atoms with Gasteiger partial charge >= 0.3 is 23.9 Å². The van der Waals surface area contributed by atoms with Gasteiger partial charge in [-0.1, -0.05) is 117 Å². The van der Waals surface area contributed by atoms with Gasteiger partial charge in [0, 0.05) is 58.0 Å². The molecule has 2 atom stereocenters. The van der Waals surface area contributed by atoms with Crippen LogP contribution in [0.3, 0.4) is 0 Å². The van der Waals surface area contributed by atoms with Crippen molar-refractivity contribution in [2.45, 2.75) is 49.1 Å². The fraction of sp³-hybridized carbons (Fsp3) is 0.304. The molecule has 0 aliphatic carbocycles. The summed E-state index contributed by atoms with van der Waals surface area (Å²) in [6, 6.07) is 18.1. The third kappa shape index (κ3) is 22.2. The van der Waals surface area contributed by atoms with Crippen LogP contribution in [0.25, 0.3) is 0 Å². The molecule has 0 radical (unpaired) electrons. The molecule has 10 nitrogen and oxygen atoms in total. The molecule has 0 saturated heterocycles. The third-order valence-corrected chi connectivity index (χ3v) is 13.1. The van der Waals surface area contributed by atoms with Gasteiger partial charge in [-0.05, 0) is 79.5 Å². The summed E-state index contributed by atoms with van der Waals surface area (Å²) >= 11 is 52.3. The van der Waals surface area contributed by atoms with Gasteiger partial charge in [0.2, 0.25) is 11.8 Å². The molecule has 0 aromatic heterocycles. The molecule has 0 heterocycles. The van der Waals surface area contributed by atoms with Gasteiger partial charge in [0.15, 0.2) is 0 Å². The van der Waals surface area contributed by atoms with Crippen molar-refractivity contribution in [2.24, 2.45) is 0 Å². The van der Waals surface area contributed by atoms with Crippen molar-refractivity contribution in [2.75, 3.05) is 41.3 Å². The molecular formula is C46H47Cl9F6N4O6S2. The third-order valence-electron chi connectivity index (χ3n) is 10.0. The number of rotatable bonds is 16. The van der Waals surface area contributed by atoms with Gasteiger partial charge in [-0.2, -0.15) is 53.3 Å². The van der Waals surface area contributed by atoms with Crippen molar-refractivity contribution in [1.82, 2.24) is 20.0 Å². The average Bonchev–Trinajstić information content (AvgIpc) is 3.26. The molecule has 4 aromatic carbocycles. The molecule has 4 aromatic rings. The molecule has 1 N–H and O–H groups in total. The van der Waals surface area contributed by atoms with Gasteiger partial charge in [-0.25, -0.2) is 9.59 Å². The van der Waals surface area contributed by atoms with E-state index in [-0.39, 0.29) is 78.1 Å². The minimum Gasteiger partial charge on any atom is -0.414 e. The van der Waals surface area contributed by atoms with Gasteiger partial charge < -0.3 is 24.6 Å². The molecule has 27 heteroatoms. The molecule has 3 amide bonds. The Bertz CT molecular complexity index is 2550. The normalized spacial score (nSPS) is 12.5. The second-order valence-electron chi connectivity index (χ2n) is 15.1. The van der Waals surface area contributed by atoms with Crippen molar-refractivity contribution < 1.29 is 55.0 Å². The highest BCUT2D eigenvalue weighted by molar-refractivity contribution is 7.59. The Morgan fingerprint density at radius 1 is 0.562 bits per heavy atom. The lowest BCUT2D eigenvalue weighted by Crippen LogP contribution is -2.55. The number of nitrogens with zero attached hydrogens (tertiary/aromatic N) is 3. The predicted molar refractivity (Wildman–Crippen MR) is 291 cm³/mol. The van der Waals surface area contributed by atoms with Crippen molar-refractivity contribution in [3.05, 3.63) is 149 Å². The van der Waals surface area contributed by atoms with Gasteiger partial charge in [0.25, 0.3) is 0 Å². The number of carbonyl (C=O) groups is 4. The number of carbonyl (C=O) groups excluding carboxylic acids is 4. The van der Waals surface area contributed by atoms with E-state index in [4.69, 9.17) is 109 Å². The largest absolute Gasteiger partial charge is 0.415 e. The van der Waals surface area contributed by atoms with Crippen LogP contribution in [-0.2, 0) is 20.7 Å². The summed E-state index contributed by atoms with van der Waals surface area (Å²) in [4.78, 5) is 50.7. The zero-order chi connectivity index (χ0) is 54.2. The summed E-state index contributed by atoms with van der Waals surface area (Å²) in [7, 11) is 5.59. The first-order chi connectivity index (χ1) is 32.8. The molecule has 0 aliphatic rings. The Morgan fingerprint density at radius 3 is 1.30 bits per heavy atom. The summed E-state index contributed by atoms with van der Waals surface area (Å²) in [5.74, 6) is -1.84. The first kappa shape index (κ1) is 69.9. The van der Waals surface area contributed by atoms with E-state index in [0.29, 0.717) is 37.6 Å². The van der Waals surface area contributed by atoms with Gasteiger partial charge in [-0.3, -0.25) is 14.5 Å². The molecule has 4 rings (SSSR count). The van der Waals surface area contributed by atoms with E-state index in [0.717, 1.165) is 14.7 Å². The molecule has 0 fully saturated rings. The number of halogens is 15. The average molecular weight is 1250 g/mol. The fourth-order valence-electron chi connectivity index (χ4n) is 6.48. The highest BCUT2D eigenvalue weighted by Crippen LogP contribution is 2.38. The Balaban J connectivity index is 0.00000118. The maximum Gasteiger partial charge on any atom is 0.415 e. The van der Waals surface area contributed by atoms with Crippen LogP contribution in [0.15, 0.2) is 98.1 Å². The van der Waals surface area contributed by atoms with Gasteiger partial charge in [0.1, 0.15) is 24.3 Å². The number of hydrogen-bond donors (Lipinski definition) is 1. The lowest BCUT2D eigenvalue weighted by atomic mass is 9.84. The van der Waals surface area contributed by atoms with Crippen LogP contribution in [0.5, 0.6) is 11.5 Å². The standard InChI is InChI=1S/C23H21Cl4F3N2O3.C16H19Cl2F3N2O.C7H3Cl3O2.2H2S/c1-4-9-22(14-5-7-16(24)18(26)10-14,13-31(2)20(33)12-23(28,29)30)32(3)21(34)35-15-6-8-17(25)19(27)11-15;1-4-7-15(22-2,11-5-6-12(17)13(18)8-11)10-23(3)14(24)9-16(19,20)21;8-5-2-1-4(3-6(5)9)12-7(10)11;;/h4-8,10-11H,1,9,12-13H2,2-3H3;4-6,8,22H,1,7,9-10H2,2-3H3;1-3H;2*1H2/t22-;15-;;;/m11.../s1.